The van der Waals surface area contributed by atoms with Crippen molar-refractivity contribution in [1.82, 2.24) is 0 Å². The third-order valence-electron chi connectivity index (χ3n) is 2.47. The van der Waals surface area contributed by atoms with Crippen LogP contribution >= 0.6 is 11.6 Å². The summed E-state index contributed by atoms with van der Waals surface area (Å²) in [7, 11) is 0. The lowest BCUT2D eigenvalue weighted by atomic mass is 10.2. The molecule has 2 aromatic rings. The van der Waals surface area contributed by atoms with Crippen molar-refractivity contribution in [2.24, 2.45) is 0 Å². The highest BCUT2D eigenvalue weighted by Crippen LogP contribution is 2.33. The topological polar surface area (TPSA) is 33.0 Å². The molecule has 0 amide bonds. The molecule has 0 aliphatic carbocycles. The van der Waals surface area contributed by atoms with Gasteiger partial charge in [-0.15, -0.1) is 0 Å². The first-order chi connectivity index (χ1) is 9.40. The summed E-state index contributed by atoms with van der Waals surface area (Å²) in [6, 6.07) is 10.6. The summed E-state index contributed by atoms with van der Waals surface area (Å²) in [6.45, 7) is 0. The zero-order valence-electron chi connectivity index (χ0n) is 9.91. The van der Waals surface area contributed by atoms with Gasteiger partial charge in [-0.3, -0.25) is 0 Å². The molecule has 2 aromatic carbocycles. The van der Waals surface area contributed by atoms with Gasteiger partial charge in [0, 0.05) is 0 Å². The van der Waals surface area contributed by atoms with E-state index in [0.29, 0.717) is 5.56 Å². The van der Waals surface area contributed by atoms with Crippen LogP contribution in [0.5, 0.6) is 11.5 Å². The van der Waals surface area contributed by atoms with Crippen LogP contribution in [0.1, 0.15) is 11.1 Å². The molecule has 0 atom stereocenters. The fraction of sp³-hybridized carbons (Fsp3) is 0.0714. The minimum atomic E-state index is -4.38. The number of hydrogen-bond donors (Lipinski definition) is 0. The van der Waals surface area contributed by atoms with Gasteiger partial charge in [-0.2, -0.15) is 18.4 Å². The van der Waals surface area contributed by atoms with E-state index in [1.807, 2.05) is 6.07 Å². The molecule has 6 heteroatoms. The predicted octanol–water partition coefficient (Wildman–Crippen LogP) is 5.02. The summed E-state index contributed by atoms with van der Waals surface area (Å²) in [5, 5.41) is 8.91. The molecular formula is C14H7ClF3NO. The maximum atomic E-state index is 12.4. The minimum Gasteiger partial charge on any atom is -0.456 e. The van der Waals surface area contributed by atoms with E-state index in [0.717, 1.165) is 12.1 Å². The smallest absolute Gasteiger partial charge is 0.416 e. The normalized spacial score (nSPS) is 10.9. The molecule has 0 aliphatic heterocycles. The van der Waals surface area contributed by atoms with Gasteiger partial charge in [0.1, 0.15) is 11.5 Å². The maximum absolute atomic E-state index is 12.4. The maximum Gasteiger partial charge on any atom is 0.416 e. The summed E-state index contributed by atoms with van der Waals surface area (Å²) in [5.41, 5.74) is -0.384. The number of alkyl halides is 3. The second kappa shape index (κ2) is 5.43. The second-order valence-corrected chi connectivity index (χ2v) is 4.29. The first kappa shape index (κ1) is 14.2. The molecule has 102 valence electrons. The molecule has 0 aliphatic rings. The van der Waals surface area contributed by atoms with Crippen LogP contribution in [0.3, 0.4) is 0 Å². The summed E-state index contributed by atoms with van der Waals surface area (Å²) in [5.74, 6) is 0.495. The standard InChI is InChI=1S/C14H7ClF3NO/c15-12-7-9(8-19)1-6-13(12)20-11-4-2-10(3-5-11)14(16,17)18/h1-7H. The summed E-state index contributed by atoms with van der Waals surface area (Å²) in [6.07, 6.45) is -4.38. The van der Waals surface area contributed by atoms with E-state index in [1.165, 1.54) is 30.3 Å². The molecule has 0 heterocycles. The molecule has 0 fully saturated rings. The van der Waals surface area contributed by atoms with Gasteiger partial charge < -0.3 is 4.74 Å². The Morgan fingerprint density at radius 2 is 1.70 bits per heavy atom. The van der Waals surface area contributed by atoms with Gasteiger partial charge in [0.15, 0.2) is 0 Å². The third-order valence-corrected chi connectivity index (χ3v) is 2.77. The fourth-order valence-corrected chi connectivity index (χ4v) is 1.71. The zero-order chi connectivity index (χ0) is 14.8. The van der Waals surface area contributed by atoms with Crippen LogP contribution in [-0.2, 0) is 6.18 Å². The molecule has 0 spiro atoms. The lowest BCUT2D eigenvalue weighted by Crippen LogP contribution is -2.04. The van der Waals surface area contributed by atoms with E-state index in [2.05, 4.69) is 0 Å². The zero-order valence-corrected chi connectivity index (χ0v) is 10.7. The Balaban J connectivity index is 2.21. The third kappa shape index (κ3) is 3.22. The summed E-state index contributed by atoms with van der Waals surface area (Å²) in [4.78, 5) is 0. The molecule has 0 aromatic heterocycles. The molecule has 2 nitrogen and oxygen atoms in total. The van der Waals surface area contributed by atoms with E-state index in [9.17, 15) is 13.2 Å². The van der Waals surface area contributed by atoms with Crippen molar-refractivity contribution < 1.29 is 17.9 Å². The number of nitrogens with zero attached hydrogens (tertiary/aromatic N) is 1. The number of halogens is 4. The van der Waals surface area contributed by atoms with Gasteiger partial charge in [-0.05, 0) is 42.5 Å². The molecule has 20 heavy (non-hydrogen) atoms. The lowest BCUT2D eigenvalue weighted by molar-refractivity contribution is -0.137. The molecule has 0 saturated heterocycles. The van der Waals surface area contributed by atoms with Gasteiger partial charge >= 0.3 is 6.18 Å². The molecule has 0 bridgehead atoms. The Morgan fingerprint density at radius 3 is 2.20 bits per heavy atom. The van der Waals surface area contributed by atoms with E-state index in [-0.39, 0.29) is 16.5 Å². The highest BCUT2D eigenvalue weighted by molar-refractivity contribution is 6.32. The van der Waals surface area contributed by atoms with Crippen LogP contribution < -0.4 is 4.74 Å². The van der Waals surface area contributed by atoms with Crippen LogP contribution in [0.25, 0.3) is 0 Å². The quantitative estimate of drug-likeness (QED) is 0.779. The lowest BCUT2D eigenvalue weighted by Gasteiger charge is -2.10. The largest absolute Gasteiger partial charge is 0.456 e. The molecular weight excluding hydrogens is 291 g/mol. The number of rotatable bonds is 2. The van der Waals surface area contributed by atoms with Crippen LogP contribution in [0.2, 0.25) is 5.02 Å². The SMILES string of the molecule is N#Cc1ccc(Oc2ccc(C(F)(F)F)cc2)c(Cl)c1. The Hall–Kier alpha value is -2.19. The molecule has 0 radical (unpaired) electrons. The molecule has 0 unspecified atom stereocenters. The first-order valence-electron chi connectivity index (χ1n) is 5.45. The van der Waals surface area contributed by atoms with Crippen molar-refractivity contribution in [2.75, 3.05) is 0 Å². The van der Waals surface area contributed by atoms with Gasteiger partial charge in [-0.1, -0.05) is 11.6 Å². The number of ether oxygens (including phenoxy) is 1. The van der Waals surface area contributed by atoms with E-state index < -0.39 is 11.7 Å². The Morgan fingerprint density at radius 1 is 1.05 bits per heavy atom. The van der Waals surface area contributed by atoms with Gasteiger partial charge in [-0.25, -0.2) is 0 Å². The van der Waals surface area contributed by atoms with E-state index in [1.54, 1.807) is 0 Å². The van der Waals surface area contributed by atoms with Crippen molar-refractivity contribution in [3.63, 3.8) is 0 Å². The van der Waals surface area contributed by atoms with Crippen molar-refractivity contribution >= 4 is 11.6 Å². The molecule has 2 rings (SSSR count). The minimum absolute atomic E-state index is 0.212. The van der Waals surface area contributed by atoms with Crippen molar-refractivity contribution in [3.05, 3.63) is 58.6 Å². The first-order valence-corrected chi connectivity index (χ1v) is 5.83. The van der Waals surface area contributed by atoms with Gasteiger partial charge in [0.25, 0.3) is 0 Å². The van der Waals surface area contributed by atoms with E-state index >= 15 is 0 Å². The van der Waals surface area contributed by atoms with Crippen LogP contribution in [0, 0.1) is 11.3 Å². The fourth-order valence-electron chi connectivity index (χ4n) is 1.49. The second-order valence-electron chi connectivity index (χ2n) is 3.88. The van der Waals surface area contributed by atoms with Crippen molar-refractivity contribution in [2.45, 2.75) is 6.18 Å². The van der Waals surface area contributed by atoms with E-state index in [4.69, 9.17) is 21.6 Å². The van der Waals surface area contributed by atoms with Crippen LogP contribution in [0.15, 0.2) is 42.5 Å². The average molecular weight is 298 g/mol. The highest BCUT2D eigenvalue weighted by Gasteiger charge is 2.30. The van der Waals surface area contributed by atoms with Crippen LogP contribution in [-0.4, -0.2) is 0 Å². The summed E-state index contributed by atoms with van der Waals surface area (Å²) >= 11 is 5.91. The Bertz CT molecular complexity index is 660. The Kier molecular flexibility index (Phi) is 3.86. The number of benzene rings is 2. The van der Waals surface area contributed by atoms with Gasteiger partial charge in [0.05, 0.1) is 22.2 Å². The van der Waals surface area contributed by atoms with Crippen molar-refractivity contribution in [3.8, 4) is 17.6 Å². The average Bonchev–Trinajstić information content (AvgIpc) is 2.40. The monoisotopic (exact) mass is 297 g/mol. The number of hydrogen-bond acceptors (Lipinski definition) is 2. The molecule has 0 saturated carbocycles. The predicted molar refractivity (Wildman–Crippen MR) is 67.7 cm³/mol. The summed E-state index contributed by atoms with van der Waals surface area (Å²) < 4.78 is 42.6. The van der Waals surface area contributed by atoms with Gasteiger partial charge in [0.2, 0.25) is 0 Å². The Labute approximate surface area is 118 Å². The van der Waals surface area contributed by atoms with Crippen LogP contribution in [0.4, 0.5) is 13.2 Å². The molecule has 0 N–H and O–H groups in total. The number of nitriles is 1. The van der Waals surface area contributed by atoms with Crippen molar-refractivity contribution in [1.29, 1.82) is 5.26 Å². The highest BCUT2D eigenvalue weighted by atomic mass is 35.5.